The summed E-state index contributed by atoms with van der Waals surface area (Å²) in [6.07, 6.45) is 0.319. The fourth-order valence-electron chi connectivity index (χ4n) is 3.49. The number of methoxy groups -OCH3 is 2. The molecule has 0 spiro atoms. The molecular formula is C20H24N2O7. The Morgan fingerprint density at radius 3 is 2.55 bits per heavy atom. The van der Waals surface area contributed by atoms with Crippen LogP contribution in [-0.2, 0) is 11.3 Å². The molecule has 1 aliphatic heterocycles. The topological polar surface area (TPSA) is 120 Å². The van der Waals surface area contributed by atoms with Gasteiger partial charge in [0, 0.05) is 12.1 Å². The van der Waals surface area contributed by atoms with Gasteiger partial charge in [-0.25, -0.2) is 9.59 Å². The smallest absolute Gasteiger partial charge is 0.343 e. The molecule has 2 N–H and O–H groups in total. The van der Waals surface area contributed by atoms with Gasteiger partial charge in [-0.1, -0.05) is 19.9 Å². The third kappa shape index (κ3) is 3.59. The maximum Gasteiger partial charge on any atom is 0.343 e. The molecule has 0 saturated heterocycles. The number of nitrogens with zero attached hydrogens (tertiary/aromatic N) is 1. The summed E-state index contributed by atoms with van der Waals surface area (Å²) in [5, 5.41) is 10.7. The predicted octanol–water partition coefficient (Wildman–Crippen LogP) is 1.96. The number of cyclic esters (lactones) is 1. The number of aromatic amines is 1. The first kappa shape index (κ1) is 20.5. The zero-order chi connectivity index (χ0) is 21.3. The Balaban J connectivity index is 2.11. The standard InChI is InChI=1S/C20H24N2O7/c1-10(2)6-5-9-22-18(24)14(17(23)21-20(22)26)15-11-7-8-12(27-3)16(28-4)13(11)19(25)29-15/h7-8,10,15,24H,5-6,9H2,1-4H3,(H,21,23,26). The molecule has 3 rings (SSSR count). The van der Waals surface area contributed by atoms with Crippen LogP contribution in [0.5, 0.6) is 17.4 Å². The Morgan fingerprint density at radius 1 is 1.21 bits per heavy atom. The van der Waals surface area contributed by atoms with Crippen LogP contribution in [0.15, 0.2) is 21.7 Å². The van der Waals surface area contributed by atoms with Crippen LogP contribution in [0.1, 0.15) is 54.3 Å². The summed E-state index contributed by atoms with van der Waals surface area (Å²) >= 11 is 0. The number of carbonyl (C=O) groups is 1. The number of aromatic nitrogens is 2. The quantitative estimate of drug-likeness (QED) is 0.677. The minimum absolute atomic E-state index is 0.119. The van der Waals surface area contributed by atoms with Crippen LogP contribution in [0, 0.1) is 5.92 Å². The number of hydrogen-bond donors (Lipinski definition) is 2. The third-order valence-electron chi connectivity index (χ3n) is 4.92. The van der Waals surface area contributed by atoms with E-state index in [1.807, 2.05) is 0 Å². The van der Waals surface area contributed by atoms with Crippen LogP contribution in [0.4, 0.5) is 0 Å². The van der Waals surface area contributed by atoms with Crippen LogP contribution in [0.3, 0.4) is 0 Å². The van der Waals surface area contributed by atoms with Crippen molar-refractivity contribution in [3.63, 3.8) is 0 Å². The summed E-state index contributed by atoms with van der Waals surface area (Å²) in [6.45, 7) is 4.33. The first-order valence-electron chi connectivity index (χ1n) is 9.31. The fraction of sp³-hybridized carbons (Fsp3) is 0.450. The fourth-order valence-corrected chi connectivity index (χ4v) is 3.49. The van der Waals surface area contributed by atoms with E-state index in [4.69, 9.17) is 14.2 Å². The highest BCUT2D eigenvalue weighted by atomic mass is 16.6. The molecule has 0 saturated carbocycles. The van der Waals surface area contributed by atoms with E-state index in [0.29, 0.717) is 23.7 Å². The van der Waals surface area contributed by atoms with E-state index in [1.165, 1.54) is 14.2 Å². The summed E-state index contributed by atoms with van der Waals surface area (Å²) in [5.74, 6) is -0.278. The molecule has 1 atom stereocenters. The molecular weight excluding hydrogens is 380 g/mol. The Morgan fingerprint density at radius 2 is 1.93 bits per heavy atom. The van der Waals surface area contributed by atoms with E-state index in [0.717, 1.165) is 11.0 Å². The van der Waals surface area contributed by atoms with E-state index >= 15 is 0 Å². The van der Waals surface area contributed by atoms with Crippen molar-refractivity contribution >= 4 is 5.97 Å². The van der Waals surface area contributed by atoms with E-state index < -0.39 is 29.2 Å². The van der Waals surface area contributed by atoms with E-state index in [-0.39, 0.29) is 23.4 Å². The number of nitrogens with one attached hydrogen (secondary N) is 1. The monoisotopic (exact) mass is 404 g/mol. The molecule has 29 heavy (non-hydrogen) atoms. The molecule has 0 radical (unpaired) electrons. The Kier molecular flexibility index (Phi) is 5.67. The van der Waals surface area contributed by atoms with Gasteiger partial charge in [0.2, 0.25) is 5.88 Å². The molecule has 2 aromatic rings. The lowest BCUT2D eigenvalue weighted by Gasteiger charge is -2.16. The number of rotatable bonds is 7. The molecule has 156 valence electrons. The molecule has 1 aromatic heterocycles. The molecule has 1 aromatic carbocycles. The van der Waals surface area contributed by atoms with E-state index in [2.05, 4.69) is 18.8 Å². The highest BCUT2D eigenvalue weighted by molar-refractivity contribution is 5.98. The first-order chi connectivity index (χ1) is 13.8. The maximum absolute atomic E-state index is 12.5. The van der Waals surface area contributed by atoms with Gasteiger partial charge in [-0.2, -0.15) is 0 Å². The summed E-state index contributed by atoms with van der Waals surface area (Å²) in [4.78, 5) is 39.4. The molecule has 0 amide bonds. The molecule has 1 unspecified atom stereocenters. The Hall–Kier alpha value is -3.23. The normalized spacial score (nSPS) is 15.3. The lowest BCUT2D eigenvalue weighted by Crippen LogP contribution is -2.33. The van der Waals surface area contributed by atoms with Crippen molar-refractivity contribution in [2.45, 2.75) is 39.3 Å². The van der Waals surface area contributed by atoms with Gasteiger partial charge in [0.05, 0.1) is 14.2 Å². The number of carbonyl (C=O) groups excluding carboxylic acids is 1. The lowest BCUT2D eigenvalue weighted by atomic mass is 9.99. The van der Waals surface area contributed by atoms with Crippen molar-refractivity contribution in [2.24, 2.45) is 5.92 Å². The third-order valence-corrected chi connectivity index (χ3v) is 4.92. The van der Waals surface area contributed by atoms with Gasteiger partial charge < -0.3 is 19.3 Å². The minimum Gasteiger partial charge on any atom is -0.494 e. The Bertz CT molecular complexity index is 1050. The van der Waals surface area contributed by atoms with Crippen LogP contribution in [0.25, 0.3) is 0 Å². The van der Waals surface area contributed by atoms with Crippen molar-refractivity contribution in [3.05, 3.63) is 49.7 Å². The number of H-pyrrole nitrogens is 1. The molecule has 2 heterocycles. The largest absolute Gasteiger partial charge is 0.494 e. The number of esters is 1. The highest BCUT2D eigenvalue weighted by Crippen LogP contribution is 2.44. The molecule has 9 heteroatoms. The SMILES string of the molecule is COc1ccc2c(c1OC)C(=O)OC2c1c(O)n(CCCC(C)C)c(=O)[nH]c1=O. The second kappa shape index (κ2) is 8.02. The molecule has 9 nitrogen and oxygen atoms in total. The van der Waals surface area contributed by atoms with E-state index in [9.17, 15) is 19.5 Å². The lowest BCUT2D eigenvalue weighted by molar-refractivity contribution is 0.0446. The zero-order valence-electron chi connectivity index (χ0n) is 16.8. The molecule has 0 aliphatic carbocycles. The summed E-state index contributed by atoms with van der Waals surface area (Å²) in [6, 6.07) is 3.15. The van der Waals surface area contributed by atoms with Crippen molar-refractivity contribution in [3.8, 4) is 17.4 Å². The summed E-state index contributed by atoms with van der Waals surface area (Å²) in [7, 11) is 2.82. The van der Waals surface area contributed by atoms with Crippen LogP contribution < -0.4 is 20.7 Å². The van der Waals surface area contributed by atoms with Gasteiger partial charge in [0.1, 0.15) is 11.1 Å². The summed E-state index contributed by atoms with van der Waals surface area (Å²) in [5.41, 5.74) is -1.26. The number of hydrogen-bond acceptors (Lipinski definition) is 7. The second-order valence-electron chi connectivity index (χ2n) is 7.23. The maximum atomic E-state index is 12.5. The predicted molar refractivity (Wildman–Crippen MR) is 104 cm³/mol. The van der Waals surface area contributed by atoms with Gasteiger partial charge >= 0.3 is 11.7 Å². The van der Waals surface area contributed by atoms with Crippen molar-refractivity contribution in [1.82, 2.24) is 9.55 Å². The van der Waals surface area contributed by atoms with Crippen LogP contribution in [-0.4, -0.2) is 34.8 Å². The average Bonchev–Trinajstić information content (AvgIpc) is 2.99. The van der Waals surface area contributed by atoms with Crippen molar-refractivity contribution < 1.29 is 24.1 Å². The van der Waals surface area contributed by atoms with Gasteiger partial charge in [0.25, 0.3) is 5.56 Å². The highest BCUT2D eigenvalue weighted by Gasteiger charge is 2.40. The molecule has 0 fully saturated rings. The zero-order valence-corrected chi connectivity index (χ0v) is 16.8. The Labute approximate surface area is 166 Å². The van der Waals surface area contributed by atoms with Gasteiger partial charge in [-0.05, 0) is 24.8 Å². The van der Waals surface area contributed by atoms with E-state index in [1.54, 1.807) is 12.1 Å². The average molecular weight is 404 g/mol. The second-order valence-corrected chi connectivity index (χ2v) is 7.23. The van der Waals surface area contributed by atoms with Gasteiger partial charge in [-0.15, -0.1) is 0 Å². The minimum atomic E-state index is -1.17. The van der Waals surface area contributed by atoms with Crippen LogP contribution >= 0.6 is 0 Å². The van der Waals surface area contributed by atoms with Gasteiger partial charge in [-0.3, -0.25) is 14.3 Å². The van der Waals surface area contributed by atoms with Crippen LogP contribution in [0.2, 0.25) is 0 Å². The number of fused-ring (bicyclic) bond motifs is 1. The van der Waals surface area contributed by atoms with Crippen molar-refractivity contribution in [1.29, 1.82) is 0 Å². The number of ether oxygens (including phenoxy) is 3. The molecule has 1 aliphatic rings. The first-order valence-corrected chi connectivity index (χ1v) is 9.31. The number of aromatic hydroxyl groups is 1. The summed E-state index contributed by atoms with van der Waals surface area (Å²) < 4.78 is 17.0. The van der Waals surface area contributed by atoms with Crippen molar-refractivity contribution in [2.75, 3.05) is 14.2 Å². The van der Waals surface area contributed by atoms with Gasteiger partial charge in [0.15, 0.2) is 17.6 Å². The number of benzene rings is 1. The molecule has 0 bridgehead atoms.